The van der Waals surface area contributed by atoms with Crippen LogP contribution in [0.4, 0.5) is 0 Å². The molecule has 114 valence electrons. The van der Waals surface area contributed by atoms with Gasteiger partial charge in [0.15, 0.2) is 0 Å². The van der Waals surface area contributed by atoms with Crippen molar-refractivity contribution in [3.63, 3.8) is 0 Å². The van der Waals surface area contributed by atoms with Crippen molar-refractivity contribution in [2.75, 3.05) is 27.0 Å². The predicted octanol–water partition coefficient (Wildman–Crippen LogP) is 2.27. The van der Waals surface area contributed by atoms with Gasteiger partial charge in [-0.05, 0) is 24.6 Å². The minimum absolute atomic E-state index is 0.173. The lowest BCUT2D eigenvalue weighted by molar-refractivity contribution is 0.389. The molecule has 1 aromatic carbocycles. The number of ether oxygens (including phenoxy) is 2. The van der Waals surface area contributed by atoms with Gasteiger partial charge in [-0.2, -0.15) is 0 Å². The molecule has 6 heteroatoms. The summed E-state index contributed by atoms with van der Waals surface area (Å²) in [5, 5.41) is 0. The first-order valence-corrected chi connectivity index (χ1v) is 8.20. The standard InChI is InChI=1S/C14H23NO4S/c1-5-6-9-20(16,17)15(2)11-12-10-13(18-3)7-8-14(12)19-4/h7-8,10H,5-6,9,11H2,1-4H3. The number of benzene rings is 1. The van der Waals surface area contributed by atoms with Crippen molar-refractivity contribution in [2.45, 2.75) is 26.3 Å². The molecular formula is C14H23NO4S. The number of rotatable bonds is 8. The van der Waals surface area contributed by atoms with E-state index in [0.717, 1.165) is 12.0 Å². The Bertz CT molecular complexity index is 528. The van der Waals surface area contributed by atoms with Crippen LogP contribution in [0.1, 0.15) is 25.3 Å². The van der Waals surface area contributed by atoms with E-state index in [1.54, 1.807) is 39.5 Å². The van der Waals surface area contributed by atoms with Gasteiger partial charge in [-0.15, -0.1) is 0 Å². The van der Waals surface area contributed by atoms with E-state index in [2.05, 4.69) is 0 Å². The van der Waals surface area contributed by atoms with Crippen molar-refractivity contribution in [2.24, 2.45) is 0 Å². The normalized spacial score (nSPS) is 11.7. The molecule has 0 saturated heterocycles. The van der Waals surface area contributed by atoms with Crippen LogP contribution in [0.25, 0.3) is 0 Å². The second kappa shape index (κ2) is 7.50. The van der Waals surface area contributed by atoms with Gasteiger partial charge in [0.1, 0.15) is 11.5 Å². The third-order valence-electron chi connectivity index (χ3n) is 3.11. The van der Waals surface area contributed by atoms with E-state index in [-0.39, 0.29) is 12.3 Å². The minimum atomic E-state index is -3.23. The Morgan fingerprint density at radius 3 is 2.45 bits per heavy atom. The van der Waals surface area contributed by atoms with Gasteiger partial charge in [-0.25, -0.2) is 12.7 Å². The highest BCUT2D eigenvalue weighted by Crippen LogP contribution is 2.25. The van der Waals surface area contributed by atoms with Crippen LogP contribution in [-0.2, 0) is 16.6 Å². The summed E-state index contributed by atoms with van der Waals surface area (Å²) >= 11 is 0. The highest BCUT2D eigenvalue weighted by atomic mass is 32.2. The van der Waals surface area contributed by atoms with Crippen LogP contribution in [0, 0.1) is 0 Å². The highest BCUT2D eigenvalue weighted by Gasteiger charge is 2.19. The third kappa shape index (κ3) is 4.38. The molecule has 0 aromatic heterocycles. The molecule has 0 amide bonds. The van der Waals surface area contributed by atoms with E-state index in [1.807, 2.05) is 6.92 Å². The van der Waals surface area contributed by atoms with E-state index < -0.39 is 10.0 Å². The van der Waals surface area contributed by atoms with Gasteiger partial charge in [-0.1, -0.05) is 13.3 Å². The average Bonchev–Trinajstić information content (AvgIpc) is 2.44. The zero-order chi connectivity index (χ0) is 15.2. The fourth-order valence-corrected chi connectivity index (χ4v) is 3.13. The number of unbranched alkanes of at least 4 members (excludes halogenated alkanes) is 1. The lowest BCUT2D eigenvalue weighted by Crippen LogP contribution is -2.29. The third-order valence-corrected chi connectivity index (χ3v) is 4.99. The molecule has 0 aliphatic rings. The molecule has 20 heavy (non-hydrogen) atoms. The Morgan fingerprint density at radius 2 is 1.90 bits per heavy atom. The molecule has 0 bridgehead atoms. The zero-order valence-corrected chi connectivity index (χ0v) is 13.4. The molecular weight excluding hydrogens is 278 g/mol. The van der Waals surface area contributed by atoms with E-state index in [1.165, 1.54) is 4.31 Å². The van der Waals surface area contributed by atoms with Gasteiger partial charge < -0.3 is 9.47 Å². The van der Waals surface area contributed by atoms with Crippen molar-refractivity contribution in [3.8, 4) is 11.5 Å². The van der Waals surface area contributed by atoms with Crippen molar-refractivity contribution < 1.29 is 17.9 Å². The maximum atomic E-state index is 12.1. The monoisotopic (exact) mass is 301 g/mol. The van der Waals surface area contributed by atoms with Crippen LogP contribution in [0.2, 0.25) is 0 Å². The van der Waals surface area contributed by atoms with Gasteiger partial charge in [0, 0.05) is 19.2 Å². The Kier molecular flexibility index (Phi) is 6.29. The second-order valence-electron chi connectivity index (χ2n) is 4.60. The summed E-state index contributed by atoms with van der Waals surface area (Å²) in [7, 11) is 1.50. The maximum Gasteiger partial charge on any atom is 0.214 e. The second-order valence-corrected chi connectivity index (χ2v) is 6.80. The quantitative estimate of drug-likeness (QED) is 0.739. The summed E-state index contributed by atoms with van der Waals surface area (Å²) in [6.45, 7) is 2.24. The Labute approximate surface area is 121 Å². The lowest BCUT2D eigenvalue weighted by Gasteiger charge is -2.19. The van der Waals surface area contributed by atoms with E-state index >= 15 is 0 Å². The Morgan fingerprint density at radius 1 is 1.20 bits per heavy atom. The number of hydrogen-bond acceptors (Lipinski definition) is 4. The molecule has 1 aromatic rings. The summed E-state index contributed by atoms with van der Waals surface area (Å²) in [6, 6.07) is 5.36. The molecule has 0 atom stereocenters. The van der Waals surface area contributed by atoms with Gasteiger partial charge in [0.25, 0.3) is 0 Å². The lowest BCUT2D eigenvalue weighted by atomic mass is 10.2. The Hall–Kier alpha value is -1.27. The summed E-state index contributed by atoms with van der Waals surface area (Å²) in [5.41, 5.74) is 0.787. The molecule has 5 nitrogen and oxygen atoms in total. The SMILES string of the molecule is CCCCS(=O)(=O)N(C)Cc1cc(OC)ccc1OC. The van der Waals surface area contributed by atoms with Crippen molar-refractivity contribution in [1.29, 1.82) is 0 Å². The average molecular weight is 301 g/mol. The van der Waals surface area contributed by atoms with Gasteiger partial charge in [0.05, 0.1) is 20.0 Å². The molecule has 0 unspecified atom stereocenters. The molecule has 1 rings (SSSR count). The first kappa shape index (κ1) is 16.8. The highest BCUT2D eigenvalue weighted by molar-refractivity contribution is 7.89. The molecule has 0 spiro atoms. The first-order valence-electron chi connectivity index (χ1n) is 6.59. The summed E-state index contributed by atoms with van der Waals surface area (Å²) in [4.78, 5) is 0. The van der Waals surface area contributed by atoms with Crippen LogP contribution in [0.5, 0.6) is 11.5 Å². The van der Waals surface area contributed by atoms with Gasteiger partial charge in [-0.3, -0.25) is 0 Å². The number of methoxy groups -OCH3 is 2. The fraction of sp³-hybridized carbons (Fsp3) is 0.571. The molecule has 0 aliphatic carbocycles. The zero-order valence-electron chi connectivity index (χ0n) is 12.5. The molecule has 0 radical (unpaired) electrons. The fourth-order valence-electron chi connectivity index (χ4n) is 1.83. The van der Waals surface area contributed by atoms with Gasteiger partial charge >= 0.3 is 0 Å². The van der Waals surface area contributed by atoms with Crippen LogP contribution < -0.4 is 9.47 Å². The van der Waals surface area contributed by atoms with Crippen molar-refractivity contribution in [1.82, 2.24) is 4.31 Å². The smallest absolute Gasteiger partial charge is 0.214 e. The minimum Gasteiger partial charge on any atom is -0.497 e. The van der Waals surface area contributed by atoms with Crippen molar-refractivity contribution >= 4 is 10.0 Å². The van der Waals surface area contributed by atoms with Gasteiger partial charge in [0.2, 0.25) is 10.0 Å². The van der Waals surface area contributed by atoms with E-state index in [4.69, 9.17) is 9.47 Å². The number of hydrogen-bond donors (Lipinski definition) is 0. The first-order chi connectivity index (χ1) is 9.44. The molecule has 0 aliphatic heterocycles. The van der Waals surface area contributed by atoms with Crippen LogP contribution >= 0.6 is 0 Å². The molecule has 0 fully saturated rings. The molecule has 0 heterocycles. The summed E-state index contributed by atoms with van der Waals surface area (Å²) in [5.74, 6) is 1.51. The van der Waals surface area contributed by atoms with E-state index in [0.29, 0.717) is 17.9 Å². The number of nitrogens with zero attached hydrogens (tertiary/aromatic N) is 1. The Balaban J connectivity index is 2.91. The van der Waals surface area contributed by atoms with Crippen LogP contribution in [0.3, 0.4) is 0 Å². The summed E-state index contributed by atoms with van der Waals surface area (Å²) < 4.78 is 36.0. The summed E-state index contributed by atoms with van der Waals surface area (Å²) in [6.07, 6.45) is 1.53. The topological polar surface area (TPSA) is 55.8 Å². The van der Waals surface area contributed by atoms with Crippen LogP contribution in [0.15, 0.2) is 18.2 Å². The largest absolute Gasteiger partial charge is 0.497 e. The molecule has 0 saturated carbocycles. The predicted molar refractivity (Wildman–Crippen MR) is 79.7 cm³/mol. The van der Waals surface area contributed by atoms with E-state index in [9.17, 15) is 8.42 Å². The van der Waals surface area contributed by atoms with Crippen molar-refractivity contribution in [3.05, 3.63) is 23.8 Å². The maximum absolute atomic E-state index is 12.1. The number of sulfonamides is 1. The molecule has 0 N–H and O–H groups in total. The van der Waals surface area contributed by atoms with Crippen LogP contribution in [-0.4, -0.2) is 39.7 Å².